The number of carbonyl (C=O) groups excluding carboxylic acids is 1. The average molecular weight is 219 g/mol. The standard InChI is InChI=1S/C8H13NO2S2/c1-11-5-3-7(10)9-4-2-6-13-8(9)12/h2-6H2,1H3. The number of thioether (sulfide) groups is 1. The van der Waals surface area contributed by atoms with E-state index in [1.165, 1.54) is 0 Å². The maximum Gasteiger partial charge on any atom is 0.230 e. The highest BCUT2D eigenvalue weighted by Crippen LogP contribution is 2.18. The summed E-state index contributed by atoms with van der Waals surface area (Å²) in [5.41, 5.74) is 0. The first-order valence-electron chi connectivity index (χ1n) is 4.21. The van der Waals surface area contributed by atoms with Crippen molar-refractivity contribution in [1.82, 2.24) is 4.90 Å². The number of ether oxygens (including phenoxy) is 1. The molecule has 1 saturated heterocycles. The molecule has 1 amide bonds. The summed E-state index contributed by atoms with van der Waals surface area (Å²) in [6.07, 6.45) is 1.46. The third-order valence-electron chi connectivity index (χ3n) is 1.79. The summed E-state index contributed by atoms with van der Waals surface area (Å²) in [5, 5.41) is 0. The summed E-state index contributed by atoms with van der Waals surface area (Å²) >= 11 is 6.66. The van der Waals surface area contributed by atoms with E-state index in [0.29, 0.717) is 17.3 Å². The lowest BCUT2D eigenvalue weighted by Crippen LogP contribution is -2.38. The van der Waals surface area contributed by atoms with Crippen LogP contribution in [0.3, 0.4) is 0 Å². The van der Waals surface area contributed by atoms with Crippen molar-refractivity contribution in [1.29, 1.82) is 0 Å². The van der Waals surface area contributed by atoms with Gasteiger partial charge in [0.1, 0.15) is 4.32 Å². The molecule has 0 bridgehead atoms. The highest BCUT2D eigenvalue weighted by atomic mass is 32.2. The molecule has 3 nitrogen and oxygen atoms in total. The second-order valence-corrected chi connectivity index (χ2v) is 4.48. The zero-order chi connectivity index (χ0) is 9.68. The lowest BCUT2D eigenvalue weighted by Gasteiger charge is -2.26. The molecule has 0 aromatic rings. The number of rotatable bonds is 3. The van der Waals surface area contributed by atoms with Crippen molar-refractivity contribution in [2.45, 2.75) is 12.8 Å². The van der Waals surface area contributed by atoms with Gasteiger partial charge >= 0.3 is 0 Å². The second kappa shape index (κ2) is 5.57. The molecule has 1 fully saturated rings. The van der Waals surface area contributed by atoms with E-state index in [4.69, 9.17) is 17.0 Å². The summed E-state index contributed by atoms with van der Waals surface area (Å²) in [6, 6.07) is 0. The Morgan fingerprint density at radius 2 is 2.54 bits per heavy atom. The quantitative estimate of drug-likeness (QED) is 0.669. The minimum Gasteiger partial charge on any atom is -0.384 e. The van der Waals surface area contributed by atoms with E-state index in [1.54, 1.807) is 23.8 Å². The van der Waals surface area contributed by atoms with Crippen molar-refractivity contribution in [3.05, 3.63) is 0 Å². The molecule has 13 heavy (non-hydrogen) atoms. The molecule has 1 heterocycles. The summed E-state index contributed by atoms with van der Waals surface area (Å²) < 4.78 is 5.56. The summed E-state index contributed by atoms with van der Waals surface area (Å²) in [4.78, 5) is 13.2. The molecule has 0 unspecified atom stereocenters. The van der Waals surface area contributed by atoms with Gasteiger partial charge in [0.25, 0.3) is 0 Å². The Balaban J connectivity index is 2.39. The van der Waals surface area contributed by atoms with Gasteiger partial charge in [0.15, 0.2) is 0 Å². The lowest BCUT2D eigenvalue weighted by atomic mass is 10.3. The SMILES string of the molecule is COCCC(=O)N1CCCSC1=S. The van der Waals surface area contributed by atoms with Crippen LogP contribution in [0.1, 0.15) is 12.8 Å². The van der Waals surface area contributed by atoms with Gasteiger partial charge in [-0.1, -0.05) is 24.0 Å². The third-order valence-corrected chi connectivity index (χ3v) is 3.33. The van der Waals surface area contributed by atoms with Gasteiger partial charge in [-0.25, -0.2) is 0 Å². The van der Waals surface area contributed by atoms with E-state index in [0.717, 1.165) is 18.7 Å². The lowest BCUT2D eigenvalue weighted by molar-refractivity contribution is -0.128. The Kier molecular flexibility index (Phi) is 4.69. The van der Waals surface area contributed by atoms with E-state index in [2.05, 4.69) is 0 Å². The van der Waals surface area contributed by atoms with Gasteiger partial charge in [-0.15, -0.1) is 0 Å². The van der Waals surface area contributed by atoms with Crippen LogP contribution in [-0.4, -0.2) is 41.1 Å². The molecular formula is C8H13NO2S2. The van der Waals surface area contributed by atoms with Gasteiger partial charge in [-0.2, -0.15) is 0 Å². The number of thiocarbonyl (C=S) groups is 1. The summed E-state index contributed by atoms with van der Waals surface area (Å²) in [5.74, 6) is 1.12. The van der Waals surface area contributed by atoms with Crippen molar-refractivity contribution in [2.75, 3.05) is 26.0 Å². The van der Waals surface area contributed by atoms with Crippen LogP contribution in [0.15, 0.2) is 0 Å². The van der Waals surface area contributed by atoms with Crippen LogP contribution in [0.2, 0.25) is 0 Å². The minimum absolute atomic E-state index is 0.0825. The van der Waals surface area contributed by atoms with Crippen LogP contribution in [-0.2, 0) is 9.53 Å². The Labute approximate surface area is 87.8 Å². The Hall–Kier alpha value is -0.130. The van der Waals surface area contributed by atoms with Crippen molar-refractivity contribution in [3.63, 3.8) is 0 Å². The van der Waals surface area contributed by atoms with Gasteiger partial charge in [-0.3, -0.25) is 9.69 Å². The number of hydrogen-bond donors (Lipinski definition) is 0. The second-order valence-electron chi connectivity index (χ2n) is 2.76. The molecule has 0 saturated carbocycles. The summed E-state index contributed by atoms with van der Waals surface area (Å²) in [6.45, 7) is 1.25. The van der Waals surface area contributed by atoms with Crippen molar-refractivity contribution in [2.24, 2.45) is 0 Å². The molecule has 0 N–H and O–H groups in total. The van der Waals surface area contributed by atoms with Crippen molar-refractivity contribution >= 4 is 34.2 Å². The molecule has 74 valence electrons. The monoisotopic (exact) mass is 219 g/mol. The van der Waals surface area contributed by atoms with E-state index < -0.39 is 0 Å². The molecular weight excluding hydrogens is 206 g/mol. The first-order chi connectivity index (χ1) is 6.25. The van der Waals surface area contributed by atoms with Crippen LogP contribution in [0.5, 0.6) is 0 Å². The van der Waals surface area contributed by atoms with E-state index in [1.807, 2.05) is 0 Å². The normalized spacial score (nSPS) is 17.6. The number of nitrogens with zero attached hydrogens (tertiary/aromatic N) is 1. The fourth-order valence-electron chi connectivity index (χ4n) is 1.10. The van der Waals surface area contributed by atoms with E-state index in [-0.39, 0.29) is 5.91 Å². The zero-order valence-electron chi connectivity index (χ0n) is 7.62. The molecule has 0 atom stereocenters. The predicted molar refractivity (Wildman–Crippen MR) is 57.9 cm³/mol. The molecule has 5 heteroatoms. The van der Waals surface area contributed by atoms with Gasteiger partial charge in [0.05, 0.1) is 13.0 Å². The Bertz CT molecular complexity index is 208. The Morgan fingerprint density at radius 3 is 3.15 bits per heavy atom. The Morgan fingerprint density at radius 1 is 1.77 bits per heavy atom. The van der Waals surface area contributed by atoms with Crippen LogP contribution < -0.4 is 0 Å². The van der Waals surface area contributed by atoms with Crippen molar-refractivity contribution in [3.8, 4) is 0 Å². The number of methoxy groups -OCH3 is 1. The topological polar surface area (TPSA) is 29.5 Å². The van der Waals surface area contributed by atoms with Gasteiger partial charge < -0.3 is 4.74 Å². The fraction of sp³-hybridized carbons (Fsp3) is 0.750. The average Bonchev–Trinajstić information content (AvgIpc) is 2.15. The number of amides is 1. The number of hydrogen-bond acceptors (Lipinski definition) is 4. The molecule has 0 spiro atoms. The van der Waals surface area contributed by atoms with Gasteiger partial charge in [0.2, 0.25) is 5.91 Å². The maximum atomic E-state index is 11.5. The summed E-state index contributed by atoms with van der Waals surface area (Å²) in [7, 11) is 1.59. The van der Waals surface area contributed by atoms with Crippen LogP contribution in [0.4, 0.5) is 0 Å². The first-order valence-corrected chi connectivity index (χ1v) is 5.61. The fourth-order valence-corrected chi connectivity index (χ4v) is 2.34. The van der Waals surface area contributed by atoms with Crippen LogP contribution >= 0.6 is 24.0 Å². The number of carbonyl (C=O) groups is 1. The predicted octanol–water partition coefficient (Wildman–Crippen LogP) is 1.27. The minimum atomic E-state index is 0.0825. The van der Waals surface area contributed by atoms with Crippen molar-refractivity contribution < 1.29 is 9.53 Å². The zero-order valence-corrected chi connectivity index (χ0v) is 9.25. The molecule has 1 rings (SSSR count). The highest BCUT2D eigenvalue weighted by molar-refractivity contribution is 8.23. The van der Waals surface area contributed by atoms with E-state index in [9.17, 15) is 4.79 Å². The molecule has 1 aliphatic rings. The van der Waals surface area contributed by atoms with Gasteiger partial charge in [0, 0.05) is 19.4 Å². The maximum absolute atomic E-state index is 11.5. The molecule has 0 aromatic heterocycles. The largest absolute Gasteiger partial charge is 0.384 e. The van der Waals surface area contributed by atoms with Gasteiger partial charge in [-0.05, 0) is 6.42 Å². The first kappa shape index (κ1) is 10.9. The molecule has 0 aromatic carbocycles. The molecule has 0 radical (unpaired) electrons. The smallest absolute Gasteiger partial charge is 0.230 e. The van der Waals surface area contributed by atoms with E-state index >= 15 is 0 Å². The highest BCUT2D eigenvalue weighted by Gasteiger charge is 2.21. The third kappa shape index (κ3) is 3.25. The van der Waals surface area contributed by atoms with Crippen LogP contribution in [0.25, 0.3) is 0 Å². The molecule has 1 aliphatic heterocycles. The van der Waals surface area contributed by atoms with Crippen LogP contribution in [0, 0.1) is 0 Å². The molecule has 0 aliphatic carbocycles.